The molecule has 1 aromatic carbocycles. The molecule has 0 aromatic heterocycles. The van der Waals surface area contributed by atoms with Gasteiger partial charge in [-0.3, -0.25) is 0 Å². The molecule has 1 aliphatic carbocycles. The second kappa shape index (κ2) is 2.38. The number of aryl methyl sites for hydroxylation is 1. The molecule has 0 saturated heterocycles. The molecular formula is C12H12O2. The van der Waals surface area contributed by atoms with E-state index in [-0.39, 0.29) is 11.6 Å². The van der Waals surface area contributed by atoms with Crippen molar-refractivity contribution in [1.82, 2.24) is 0 Å². The summed E-state index contributed by atoms with van der Waals surface area (Å²) >= 11 is 0. The molecule has 0 amide bonds. The molecule has 2 nitrogen and oxygen atoms in total. The number of rotatable bonds is 0. The van der Waals surface area contributed by atoms with Crippen LogP contribution in [0, 0.1) is 6.92 Å². The molecule has 0 radical (unpaired) electrons. The summed E-state index contributed by atoms with van der Waals surface area (Å²) in [4.78, 5) is 11.7. The van der Waals surface area contributed by atoms with Crippen LogP contribution >= 0.6 is 0 Å². The highest BCUT2D eigenvalue weighted by molar-refractivity contribution is 5.96. The van der Waals surface area contributed by atoms with Crippen molar-refractivity contribution in [1.29, 1.82) is 0 Å². The van der Waals surface area contributed by atoms with Crippen LogP contribution in [0.25, 0.3) is 0 Å². The van der Waals surface area contributed by atoms with E-state index in [9.17, 15) is 4.79 Å². The van der Waals surface area contributed by atoms with Crippen LogP contribution in [-0.2, 0) is 10.3 Å². The molecule has 2 aliphatic rings. The van der Waals surface area contributed by atoms with E-state index in [1.54, 1.807) is 0 Å². The Morgan fingerprint density at radius 1 is 1.36 bits per heavy atom. The topological polar surface area (TPSA) is 26.3 Å². The van der Waals surface area contributed by atoms with Crippen LogP contribution in [0.15, 0.2) is 18.2 Å². The van der Waals surface area contributed by atoms with Crippen molar-refractivity contribution in [3.05, 3.63) is 34.9 Å². The van der Waals surface area contributed by atoms with Gasteiger partial charge in [0.1, 0.15) is 5.60 Å². The molecule has 1 spiro atoms. The summed E-state index contributed by atoms with van der Waals surface area (Å²) in [7, 11) is 0. The minimum Gasteiger partial charge on any atom is -0.451 e. The molecule has 72 valence electrons. The number of hydrogen-bond acceptors (Lipinski definition) is 2. The van der Waals surface area contributed by atoms with Gasteiger partial charge in [-0.2, -0.15) is 0 Å². The fraction of sp³-hybridized carbons (Fsp3) is 0.417. The van der Waals surface area contributed by atoms with Crippen LogP contribution in [0.3, 0.4) is 0 Å². The van der Waals surface area contributed by atoms with Crippen molar-refractivity contribution in [2.75, 3.05) is 0 Å². The summed E-state index contributed by atoms with van der Waals surface area (Å²) in [5.74, 6) is -0.127. The average Bonchev–Trinajstić information content (AvgIpc) is 2.40. The van der Waals surface area contributed by atoms with Crippen LogP contribution in [0.1, 0.15) is 40.7 Å². The van der Waals surface area contributed by atoms with Gasteiger partial charge in [-0.15, -0.1) is 0 Å². The molecule has 1 aliphatic heterocycles. The van der Waals surface area contributed by atoms with E-state index in [2.05, 4.69) is 0 Å². The maximum Gasteiger partial charge on any atom is 0.339 e. The second-order valence-electron chi connectivity index (χ2n) is 4.23. The van der Waals surface area contributed by atoms with E-state index < -0.39 is 0 Å². The Balaban J connectivity index is 2.24. The Kier molecular flexibility index (Phi) is 1.37. The second-order valence-corrected chi connectivity index (χ2v) is 4.23. The fourth-order valence-corrected chi connectivity index (χ4v) is 2.47. The van der Waals surface area contributed by atoms with E-state index in [1.165, 1.54) is 6.42 Å². The normalized spacial score (nSPS) is 21.6. The van der Waals surface area contributed by atoms with Gasteiger partial charge in [-0.05, 0) is 31.7 Å². The van der Waals surface area contributed by atoms with E-state index in [0.717, 1.165) is 29.5 Å². The van der Waals surface area contributed by atoms with Crippen molar-refractivity contribution in [2.24, 2.45) is 0 Å². The first kappa shape index (κ1) is 8.04. The van der Waals surface area contributed by atoms with Crippen LogP contribution < -0.4 is 0 Å². The Labute approximate surface area is 82.9 Å². The highest BCUT2D eigenvalue weighted by atomic mass is 16.6. The number of ether oxygens (including phenoxy) is 1. The summed E-state index contributed by atoms with van der Waals surface area (Å²) in [5.41, 5.74) is 2.73. The third kappa shape index (κ3) is 0.788. The molecule has 1 saturated carbocycles. The Morgan fingerprint density at radius 2 is 2.14 bits per heavy atom. The molecule has 2 heteroatoms. The number of carbonyl (C=O) groups excluding carboxylic acids is 1. The third-order valence-corrected chi connectivity index (χ3v) is 3.42. The minimum atomic E-state index is -0.238. The van der Waals surface area contributed by atoms with Gasteiger partial charge in [0.15, 0.2) is 0 Å². The van der Waals surface area contributed by atoms with Gasteiger partial charge in [0.2, 0.25) is 0 Å². The smallest absolute Gasteiger partial charge is 0.339 e. The van der Waals surface area contributed by atoms with Crippen molar-refractivity contribution in [3.63, 3.8) is 0 Å². The SMILES string of the molecule is Cc1cccc2c1C(=O)OC21CCC1. The number of benzene rings is 1. The molecule has 0 unspecified atom stereocenters. The Bertz CT molecular complexity index is 416. The molecule has 0 atom stereocenters. The van der Waals surface area contributed by atoms with Gasteiger partial charge in [0.25, 0.3) is 0 Å². The standard InChI is InChI=1S/C12H12O2/c1-8-4-2-5-9-10(8)11(13)14-12(9)6-3-7-12/h2,4-5H,3,6-7H2,1H3. The van der Waals surface area contributed by atoms with Gasteiger partial charge in [-0.1, -0.05) is 18.2 Å². The summed E-state index contributed by atoms with van der Waals surface area (Å²) in [6, 6.07) is 6.01. The molecule has 1 heterocycles. The van der Waals surface area contributed by atoms with Gasteiger partial charge in [-0.25, -0.2) is 4.79 Å². The first-order valence-electron chi connectivity index (χ1n) is 5.06. The predicted octanol–water partition coefficient (Wildman–Crippen LogP) is 2.54. The van der Waals surface area contributed by atoms with E-state index in [4.69, 9.17) is 4.74 Å². The number of fused-ring (bicyclic) bond motifs is 2. The van der Waals surface area contributed by atoms with Gasteiger partial charge >= 0.3 is 5.97 Å². The highest BCUT2D eigenvalue weighted by Gasteiger charge is 2.50. The summed E-state index contributed by atoms with van der Waals surface area (Å²) in [6.45, 7) is 1.97. The first-order chi connectivity index (χ1) is 6.73. The zero-order chi connectivity index (χ0) is 9.76. The molecule has 0 bridgehead atoms. The zero-order valence-corrected chi connectivity index (χ0v) is 8.17. The summed E-state index contributed by atoms with van der Waals surface area (Å²) in [6.07, 6.45) is 3.16. The Morgan fingerprint density at radius 3 is 2.79 bits per heavy atom. The maximum atomic E-state index is 11.7. The quantitative estimate of drug-likeness (QED) is 0.585. The van der Waals surface area contributed by atoms with Crippen LogP contribution in [0.2, 0.25) is 0 Å². The maximum absolute atomic E-state index is 11.7. The number of esters is 1. The zero-order valence-electron chi connectivity index (χ0n) is 8.17. The Hall–Kier alpha value is -1.31. The predicted molar refractivity (Wildman–Crippen MR) is 52.1 cm³/mol. The van der Waals surface area contributed by atoms with E-state index >= 15 is 0 Å². The lowest BCUT2D eigenvalue weighted by Crippen LogP contribution is -2.33. The average molecular weight is 188 g/mol. The van der Waals surface area contributed by atoms with Gasteiger partial charge < -0.3 is 4.74 Å². The minimum absolute atomic E-state index is 0.127. The summed E-state index contributed by atoms with van der Waals surface area (Å²) in [5, 5.41) is 0. The molecule has 1 fully saturated rings. The van der Waals surface area contributed by atoms with Crippen molar-refractivity contribution in [2.45, 2.75) is 31.8 Å². The summed E-state index contributed by atoms with van der Waals surface area (Å²) < 4.78 is 5.50. The number of carbonyl (C=O) groups is 1. The van der Waals surface area contributed by atoms with Crippen LogP contribution in [-0.4, -0.2) is 5.97 Å². The third-order valence-electron chi connectivity index (χ3n) is 3.42. The molecule has 1 aromatic rings. The van der Waals surface area contributed by atoms with Crippen molar-refractivity contribution in [3.8, 4) is 0 Å². The lowest BCUT2D eigenvalue weighted by atomic mass is 9.74. The lowest BCUT2D eigenvalue weighted by molar-refractivity contribution is -0.0535. The van der Waals surface area contributed by atoms with Crippen molar-refractivity contribution >= 4 is 5.97 Å². The monoisotopic (exact) mass is 188 g/mol. The molecule has 14 heavy (non-hydrogen) atoms. The van der Waals surface area contributed by atoms with Gasteiger partial charge in [0.05, 0.1) is 5.56 Å². The fourth-order valence-electron chi connectivity index (χ4n) is 2.47. The van der Waals surface area contributed by atoms with E-state index in [1.807, 2.05) is 25.1 Å². The van der Waals surface area contributed by atoms with Gasteiger partial charge in [0, 0.05) is 5.56 Å². The van der Waals surface area contributed by atoms with Crippen molar-refractivity contribution < 1.29 is 9.53 Å². The highest BCUT2D eigenvalue weighted by Crippen LogP contribution is 2.50. The van der Waals surface area contributed by atoms with Crippen LogP contribution in [0.5, 0.6) is 0 Å². The first-order valence-corrected chi connectivity index (χ1v) is 5.06. The largest absolute Gasteiger partial charge is 0.451 e. The molecular weight excluding hydrogens is 176 g/mol. The van der Waals surface area contributed by atoms with E-state index in [0.29, 0.717) is 0 Å². The number of hydrogen-bond donors (Lipinski definition) is 0. The molecule has 0 N–H and O–H groups in total. The lowest BCUT2D eigenvalue weighted by Gasteiger charge is -2.37. The van der Waals surface area contributed by atoms with Crippen LogP contribution in [0.4, 0.5) is 0 Å². The molecule has 3 rings (SSSR count).